The van der Waals surface area contributed by atoms with Gasteiger partial charge in [-0.1, -0.05) is 5.16 Å². The van der Waals surface area contributed by atoms with E-state index in [0.717, 1.165) is 43.8 Å². The number of carbonyl (C=O) groups is 2. The molecular formula is C19H27N3O4. The molecule has 2 heterocycles. The van der Waals surface area contributed by atoms with Gasteiger partial charge in [0.15, 0.2) is 5.69 Å². The molecule has 1 atom stereocenters. The summed E-state index contributed by atoms with van der Waals surface area (Å²) in [5.41, 5.74) is 1.25. The van der Waals surface area contributed by atoms with Gasteiger partial charge in [0.05, 0.1) is 0 Å². The first-order valence-corrected chi connectivity index (χ1v) is 9.81. The number of hydrogen-bond acceptors (Lipinski definition) is 5. The van der Waals surface area contributed by atoms with E-state index in [1.807, 2.05) is 0 Å². The van der Waals surface area contributed by atoms with Crippen LogP contribution in [0.15, 0.2) is 4.52 Å². The predicted octanol–water partition coefficient (Wildman–Crippen LogP) is 1.60. The van der Waals surface area contributed by atoms with E-state index in [2.05, 4.69) is 15.8 Å². The van der Waals surface area contributed by atoms with Gasteiger partial charge in [0.1, 0.15) is 5.76 Å². The minimum absolute atomic E-state index is 0.0456. The van der Waals surface area contributed by atoms with E-state index in [0.29, 0.717) is 43.3 Å². The maximum Gasteiger partial charge on any atom is 0.273 e. The highest BCUT2D eigenvalue weighted by molar-refractivity contribution is 5.94. The van der Waals surface area contributed by atoms with E-state index < -0.39 is 0 Å². The van der Waals surface area contributed by atoms with E-state index in [1.165, 1.54) is 12.8 Å². The highest BCUT2D eigenvalue weighted by Crippen LogP contribution is 2.28. The molecule has 2 aliphatic carbocycles. The molecule has 1 unspecified atom stereocenters. The fourth-order valence-electron chi connectivity index (χ4n) is 3.85. The van der Waals surface area contributed by atoms with E-state index >= 15 is 0 Å². The van der Waals surface area contributed by atoms with Crippen LogP contribution in [0.25, 0.3) is 0 Å². The first kappa shape index (κ1) is 17.5. The molecule has 142 valence electrons. The van der Waals surface area contributed by atoms with E-state index in [4.69, 9.17) is 9.26 Å². The van der Waals surface area contributed by atoms with Crippen molar-refractivity contribution >= 4 is 11.8 Å². The Morgan fingerprint density at radius 3 is 2.65 bits per heavy atom. The van der Waals surface area contributed by atoms with Crippen LogP contribution in [-0.2, 0) is 22.4 Å². The van der Waals surface area contributed by atoms with E-state index in [1.54, 1.807) is 0 Å². The second-order valence-corrected chi connectivity index (χ2v) is 7.85. The lowest BCUT2D eigenvalue weighted by atomic mass is 9.91. The van der Waals surface area contributed by atoms with Crippen molar-refractivity contribution in [1.29, 1.82) is 0 Å². The Balaban J connectivity index is 1.32. The third-order valence-electron chi connectivity index (χ3n) is 5.68. The molecule has 0 bridgehead atoms. The van der Waals surface area contributed by atoms with Crippen molar-refractivity contribution in [1.82, 2.24) is 15.8 Å². The summed E-state index contributed by atoms with van der Waals surface area (Å²) in [6.07, 6.45) is 7.01. The Hall–Kier alpha value is -1.89. The minimum atomic E-state index is -0.156. The second kappa shape index (κ2) is 7.78. The van der Waals surface area contributed by atoms with Crippen molar-refractivity contribution in [3.8, 4) is 0 Å². The number of carbonyl (C=O) groups excluding carboxylic acids is 2. The van der Waals surface area contributed by atoms with Gasteiger partial charge in [-0.15, -0.1) is 0 Å². The first-order chi connectivity index (χ1) is 12.7. The molecule has 1 aromatic heterocycles. The fraction of sp³-hybridized carbons (Fsp3) is 0.737. The van der Waals surface area contributed by atoms with Gasteiger partial charge in [-0.2, -0.15) is 0 Å². The SMILES string of the molecule is O=C(CC1CCOCC1)NC1CCc2onc(C(=O)NCC3CC3)c2C1. The summed E-state index contributed by atoms with van der Waals surface area (Å²) in [6, 6.07) is 0.0456. The van der Waals surface area contributed by atoms with Crippen LogP contribution in [0.5, 0.6) is 0 Å². The summed E-state index contributed by atoms with van der Waals surface area (Å²) in [6.45, 7) is 2.22. The Labute approximate surface area is 153 Å². The highest BCUT2D eigenvalue weighted by atomic mass is 16.5. The van der Waals surface area contributed by atoms with Crippen LogP contribution >= 0.6 is 0 Å². The number of hydrogen-bond donors (Lipinski definition) is 2. The van der Waals surface area contributed by atoms with Gasteiger partial charge in [-0.25, -0.2) is 0 Å². The normalized spacial score (nSPS) is 23.3. The monoisotopic (exact) mass is 361 g/mol. The average Bonchev–Trinajstić information content (AvgIpc) is 3.38. The lowest BCUT2D eigenvalue weighted by Gasteiger charge is -2.25. The molecule has 26 heavy (non-hydrogen) atoms. The molecule has 7 nitrogen and oxygen atoms in total. The lowest BCUT2D eigenvalue weighted by molar-refractivity contribution is -0.123. The second-order valence-electron chi connectivity index (χ2n) is 7.85. The average molecular weight is 361 g/mol. The van der Waals surface area contributed by atoms with Crippen molar-refractivity contribution in [3.05, 3.63) is 17.0 Å². The number of amides is 2. The van der Waals surface area contributed by atoms with Gasteiger partial charge in [-0.3, -0.25) is 9.59 Å². The molecule has 2 N–H and O–H groups in total. The zero-order valence-electron chi connectivity index (χ0n) is 15.1. The Bertz CT molecular complexity index is 662. The molecule has 2 fully saturated rings. The topological polar surface area (TPSA) is 93.5 Å². The van der Waals surface area contributed by atoms with Crippen molar-refractivity contribution < 1.29 is 18.8 Å². The summed E-state index contributed by atoms with van der Waals surface area (Å²) in [5.74, 6) is 1.77. The molecule has 0 spiro atoms. The number of fused-ring (bicyclic) bond motifs is 1. The standard InChI is InChI=1S/C19H27N3O4/c23-17(9-12-5-7-25-8-6-12)21-14-3-4-16-15(10-14)18(22-26-16)19(24)20-11-13-1-2-13/h12-14H,1-11H2,(H,20,24)(H,21,23). The number of nitrogens with one attached hydrogen (secondary N) is 2. The Morgan fingerprint density at radius 1 is 1.08 bits per heavy atom. The van der Waals surface area contributed by atoms with Crippen molar-refractivity contribution in [2.75, 3.05) is 19.8 Å². The Kier molecular flexibility index (Phi) is 5.24. The van der Waals surface area contributed by atoms with E-state index in [-0.39, 0.29) is 17.9 Å². The molecule has 1 aliphatic heterocycles. The zero-order valence-corrected chi connectivity index (χ0v) is 15.1. The smallest absolute Gasteiger partial charge is 0.273 e. The quantitative estimate of drug-likeness (QED) is 0.803. The predicted molar refractivity (Wildman–Crippen MR) is 93.7 cm³/mol. The first-order valence-electron chi connectivity index (χ1n) is 9.81. The van der Waals surface area contributed by atoms with Crippen LogP contribution < -0.4 is 10.6 Å². The third kappa shape index (κ3) is 4.26. The largest absolute Gasteiger partial charge is 0.381 e. The summed E-state index contributed by atoms with van der Waals surface area (Å²) < 4.78 is 10.7. The summed E-state index contributed by atoms with van der Waals surface area (Å²) in [4.78, 5) is 24.7. The third-order valence-corrected chi connectivity index (χ3v) is 5.68. The number of aryl methyl sites for hydroxylation is 1. The van der Waals surface area contributed by atoms with Gasteiger partial charge in [-0.05, 0) is 50.4 Å². The number of ether oxygens (including phenoxy) is 1. The number of rotatable bonds is 6. The van der Waals surface area contributed by atoms with Gasteiger partial charge >= 0.3 is 0 Å². The van der Waals surface area contributed by atoms with Crippen LogP contribution in [0.2, 0.25) is 0 Å². The van der Waals surface area contributed by atoms with Crippen molar-refractivity contribution in [2.24, 2.45) is 11.8 Å². The molecule has 4 rings (SSSR count). The van der Waals surface area contributed by atoms with Crippen LogP contribution in [0.3, 0.4) is 0 Å². The van der Waals surface area contributed by atoms with Crippen molar-refractivity contribution in [2.45, 2.75) is 57.4 Å². The van der Waals surface area contributed by atoms with Gasteiger partial charge in [0, 0.05) is 44.2 Å². The van der Waals surface area contributed by atoms with Crippen LogP contribution in [-0.4, -0.2) is 42.8 Å². The maximum atomic E-state index is 12.4. The minimum Gasteiger partial charge on any atom is -0.381 e. The molecule has 2 amide bonds. The molecule has 1 saturated carbocycles. The molecule has 3 aliphatic rings. The maximum absolute atomic E-state index is 12.4. The van der Waals surface area contributed by atoms with E-state index in [9.17, 15) is 9.59 Å². The number of aromatic nitrogens is 1. The Morgan fingerprint density at radius 2 is 1.88 bits per heavy atom. The van der Waals surface area contributed by atoms with Crippen LogP contribution in [0, 0.1) is 11.8 Å². The molecule has 0 radical (unpaired) electrons. The number of nitrogens with zero attached hydrogens (tertiary/aromatic N) is 1. The van der Waals surface area contributed by atoms with Crippen molar-refractivity contribution in [3.63, 3.8) is 0 Å². The molecule has 1 aromatic rings. The molecule has 7 heteroatoms. The summed E-state index contributed by atoms with van der Waals surface area (Å²) >= 11 is 0. The van der Waals surface area contributed by atoms with Gasteiger partial charge in [0.25, 0.3) is 5.91 Å². The fourth-order valence-corrected chi connectivity index (χ4v) is 3.85. The van der Waals surface area contributed by atoms with Crippen LogP contribution in [0.1, 0.15) is 60.3 Å². The van der Waals surface area contributed by atoms with Gasteiger partial charge < -0.3 is 19.9 Å². The highest BCUT2D eigenvalue weighted by Gasteiger charge is 2.30. The molecule has 0 aromatic carbocycles. The summed E-state index contributed by atoms with van der Waals surface area (Å²) in [5, 5.41) is 10.1. The zero-order chi connectivity index (χ0) is 17.9. The lowest BCUT2D eigenvalue weighted by Crippen LogP contribution is -2.40. The summed E-state index contributed by atoms with van der Waals surface area (Å²) in [7, 11) is 0. The van der Waals surface area contributed by atoms with Gasteiger partial charge in [0.2, 0.25) is 5.91 Å². The van der Waals surface area contributed by atoms with Crippen LogP contribution in [0.4, 0.5) is 0 Å². The molecular weight excluding hydrogens is 334 g/mol. The molecule has 1 saturated heterocycles.